The van der Waals surface area contributed by atoms with Crippen LogP contribution in [0.2, 0.25) is 5.28 Å². The van der Waals surface area contributed by atoms with Gasteiger partial charge < -0.3 is 10.3 Å². The SMILES string of the molecule is CCCCCn1c(=O)n(CCCCC(=O)NCc2ccc(C)c(C)c2)c(=O)c2[nH]c(Cl)nc21. The summed E-state index contributed by atoms with van der Waals surface area (Å²) in [7, 11) is 0. The third kappa shape index (κ3) is 6.13. The van der Waals surface area contributed by atoms with Crippen LogP contribution in [0.4, 0.5) is 0 Å². The number of hydrogen-bond acceptors (Lipinski definition) is 4. The van der Waals surface area contributed by atoms with E-state index in [-0.39, 0.29) is 28.9 Å². The Morgan fingerprint density at radius 3 is 2.52 bits per heavy atom. The lowest BCUT2D eigenvalue weighted by Crippen LogP contribution is -2.40. The van der Waals surface area contributed by atoms with Crippen molar-refractivity contribution in [1.29, 1.82) is 0 Å². The molecule has 0 spiro atoms. The predicted molar refractivity (Wildman–Crippen MR) is 131 cm³/mol. The smallest absolute Gasteiger partial charge is 0.332 e. The Bertz CT molecular complexity index is 1240. The number of unbranched alkanes of at least 4 members (excludes halogenated alkanes) is 3. The van der Waals surface area contributed by atoms with Gasteiger partial charge in [-0.05, 0) is 61.4 Å². The van der Waals surface area contributed by atoms with Crippen LogP contribution in [0.25, 0.3) is 11.2 Å². The van der Waals surface area contributed by atoms with E-state index in [4.69, 9.17) is 11.6 Å². The number of imidazole rings is 1. The van der Waals surface area contributed by atoms with Crippen LogP contribution in [0.15, 0.2) is 27.8 Å². The molecule has 1 amide bonds. The first-order valence-corrected chi connectivity index (χ1v) is 11.9. The van der Waals surface area contributed by atoms with Gasteiger partial charge in [-0.3, -0.25) is 18.7 Å². The molecule has 8 nitrogen and oxygen atoms in total. The third-order valence-corrected chi connectivity index (χ3v) is 6.09. The van der Waals surface area contributed by atoms with Gasteiger partial charge in [0.15, 0.2) is 11.2 Å². The molecule has 1 aromatic carbocycles. The van der Waals surface area contributed by atoms with Crippen molar-refractivity contribution in [2.24, 2.45) is 0 Å². The molecule has 0 atom stereocenters. The molecule has 0 bridgehead atoms. The number of hydrogen-bond donors (Lipinski definition) is 2. The molecule has 33 heavy (non-hydrogen) atoms. The van der Waals surface area contributed by atoms with Crippen molar-refractivity contribution >= 4 is 28.7 Å². The first-order valence-electron chi connectivity index (χ1n) is 11.5. The molecule has 0 radical (unpaired) electrons. The highest BCUT2D eigenvalue weighted by Gasteiger charge is 2.16. The summed E-state index contributed by atoms with van der Waals surface area (Å²) >= 11 is 5.97. The van der Waals surface area contributed by atoms with E-state index < -0.39 is 5.56 Å². The van der Waals surface area contributed by atoms with Gasteiger partial charge in [0.2, 0.25) is 11.2 Å². The van der Waals surface area contributed by atoms with Crippen LogP contribution in [-0.2, 0) is 24.4 Å². The van der Waals surface area contributed by atoms with Crippen LogP contribution < -0.4 is 16.6 Å². The first-order chi connectivity index (χ1) is 15.8. The monoisotopic (exact) mass is 473 g/mol. The van der Waals surface area contributed by atoms with Gasteiger partial charge in [-0.15, -0.1) is 0 Å². The summed E-state index contributed by atoms with van der Waals surface area (Å²) in [5.74, 6) is -0.0478. The maximum absolute atomic E-state index is 13.0. The lowest BCUT2D eigenvalue weighted by Gasteiger charge is -2.11. The maximum Gasteiger partial charge on any atom is 0.332 e. The van der Waals surface area contributed by atoms with Gasteiger partial charge in [-0.25, -0.2) is 4.79 Å². The highest BCUT2D eigenvalue weighted by Crippen LogP contribution is 2.12. The summed E-state index contributed by atoms with van der Waals surface area (Å²) < 4.78 is 2.74. The van der Waals surface area contributed by atoms with Crippen molar-refractivity contribution in [2.75, 3.05) is 0 Å². The van der Waals surface area contributed by atoms with Crippen molar-refractivity contribution in [3.05, 3.63) is 61.0 Å². The van der Waals surface area contributed by atoms with Gasteiger partial charge in [-0.2, -0.15) is 4.98 Å². The zero-order chi connectivity index (χ0) is 24.0. The van der Waals surface area contributed by atoms with Gasteiger partial charge in [-0.1, -0.05) is 38.0 Å². The summed E-state index contributed by atoms with van der Waals surface area (Å²) in [4.78, 5) is 44.9. The predicted octanol–water partition coefficient (Wildman–Crippen LogP) is 3.83. The Morgan fingerprint density at radius 2 is 1.79 bits per heavy atom. The number of carbonyl (C=O) groups is 1. The van der Waals surface area contributed by atoms with E-state index in [1.807, 2.05) is 12.1 Å². The molecular formula is C24H32ClN5O3. The fraction of sp³-hybridized carbons (Fsp3) is 0.500. The minimum Gasteiger partial charge on any atom is -0.352 e. The Balaban J connectivity index is 1.60. The number of aromatic amines is 1. The van der Waals surface area contributed by atoms with E-state index in [1.165, 1.54) is 20.3 Å². The lowest BCUT2D eigenvalue weighted by atomic mass is 10.1. The number of nitrogens with zero attached hydrogens (tertiary/aromatic N) is 3. The molecule has 0 aliphatic carbocycles. The fourth-order valence-electron chi connectivity index (χ4n) is 3.82. The quantitative estimate of drug-likeness (QED) is 0.326. The van der Waals surface area contributed by atoms with Gasteiger partial charge in [0.25, 0.3) is 5.56 Å². The van der Waals surface area contributed by atoms with E-state index in [2.05, 4.69) is 42.1 Å². The molecule has 9 heteroatoms. The minimum absolute atomic E-state index is 0.0478. The molecule has 2 aromatic heterocycles. The molecule has 0 aliphatic heterocycles. The summed E-state index contributed by atoms with van der Waals surface area (Å²) in [5.41, 5.74) is 3.21. The van der Waals surface area contributed by atoms with E-state index in [0.717, 1.165) is 24.8 Å². The number of fused-ring (bicyclic) bond motifs is 1. The van der Waals surface area contributed by atoms with E-state index in [9.17, 15) is 14.4 Å². The number of halogens is 1. The van der Waals surface area contributed by atoms with Crippen molar-refractivity contribution in [1.82, 2.24) is 24.4 Å². The van der Waals surface area contributed by atoms with Crippen molar-refractivity contribution in [2.45, 2.75) is 78.9 Å². The standard InChI is InChI=1S/C24H32ClN5O3/c1-4-5-7-12-29-21-20(27-23(25)28-21)22(32)30(24(29)33)13-8-6-9-19(31)26-15-18-11-10-16(2)17(3)14-18/h10-11,14H,4-9,12-13,15H2,1-3H3,(H,26,31)(H,27,28). The highest BCUT2D eigenvalue weighted by atomic mass is 35.5. The number of H-pyrrole nitrogens is 1. The van der Waals surface area contributed by atoms with E-state index in [0.29, 0.717) is 38.0 Å². The molecule has 0 saturated carbocycles. The number of benzene rings is 1. The molecule has 2 heterocycles. The molecule has 3 rings (SSSR count). The normalized spacial score (nSPS) is 11.3. The highest BCUT2D eigenvalue weighted by molar-refractivity contribution is 6.28. The Hall–Kier alpha value is -2.87. The van der Waals surface area contributed by atoms with Gasteiger partial charge in [0.05, 0.1) is 0 Å². The van der Waals surface area contributed by atoms with E-state index in [1.54, 1.807) is 0 Å². The Labute approximate surface area is 198 Å². The van der Waals surface area contributed by atoms with Crippen molar-refractivity contribution < 1.29 is 4.79 Å². The fourth-order valence-corrected chi connectivity index (χ4v) is 3.99. The second-order valence-corrected chi connectivity index (χ2v) is 8.83. The summed E-state index contributed by atoms with van der Waals surface area (Å²) in [6, 6.07) is 6.14. The average Bonchev–Trinajstić information content (AvgIpc) is 3.18. The lowest BCUT2D eigenvalue weighted by molar-refractivity contribution is -0.121. The van der Waals surface area contributed by atoms with Crippen LogP contribution in [0.1, 0.15) is 62.1 Å². The molecule has 0 fully saturated rings. The van der Waals surface area contributed by atoms with Crippen LogP contribution in [0.3, 0.4) is 0 Å². The summed E-state index contributed by atoms with van der Waals surface area (Å²) in [6.07, 6.45) is 4.25. The largest absolute Gasteiger partial charge is 0.352 e. The molecule has 2 N–H and O–H groups in total. The molecular weight excluding hydrogens is 442 g/mol. The van der Waals surface area contributed by atoms with Gasteiger partial charge in [0, 0.05) is 26.1 Å². The van der Waals surface area contributed by atoms with Crippen molar-refractivity contribution in [3.63, 3.8) is 0 Å². The number of carbonyl (C=O) groups excluding carboxylic acids is 1. The minimum atomic E-state index is -0.430. The second-order valence-electron chi connectivity index (χ2n) is 8.48. The first kappa shape index (κ1) is 24.8. The Morgan fingerprint density at radius 1 is 1.06 bits per heavy atom. The van der Waals surface area contributed by atoms with Gasteiger partial charge >= 0.3 is 5.69 Å². The summed E-state index contributed by atoms with van der Waals surface area (Å²) in [6.45, 7) is 7.40. The average molecular weight is 474 g/mol. The topological polar surface area (TPSA) is 102 Å². The van der Waals surface area contributed by atoms with E-state index >= 15 is 0 Å². The zero-order valence-electron chi connectivity index (χ0n) is 19.5. The molecule has 0 aliphatic rings. The number of amides is 1. The Kier molecular flexibility index (Phi) is 8.49. The molecule has 3 aromatic rings. The van der Waals surface area contributed by atoms with Crippen LogP contribution in [0, 0.1) is 13.8 Å². The number of aromatic nitrogens is 4. The molecule has 0 saturated heterocycles. The number of rotatable bonds is 11. The summed E-state index contributed by atoms with van der Waals surface area (Å²) in [5, 5.41) is 3.02. The van der Waals surface area contributed by atoms with Crippen molar-refractivity contribution in [3.8, 4) is 0 Å². The molecule has 178 valence electrons. The van der Waals surface area contributed by atoms with Gasteiger partial charge in [0.1, 0.15) is 0 Å². The molecule has 0 unspecified atom stereocenters. The van der Waals surface area contributed by atoms with Crippen LogP contribution >= 0.6 is 11.6 Å². The zero-order valence-corrected chi connectivity index (χ0v) is 20.3. The van der Waals surface area contributed by atoms with Crippen LogP contribution in [0.5, 0.6) is 0 Å². The van der Waals surface area contributed by atoms with Crippen LogP contribution in [-0.4, -0.2) is 25.0 Å². The number of nitrogens with one attached hydrogen (secondary N) is 2. The number of aryl methyl sites for hydroxylation is 3. The second kappa shape index (κ2) is 11.3. The maximum atomic E-state index is 13.0. The third-order valence-electron chi connectivity index (χ3n) is 5.91.